The van der Waals surface area contributed by atoms with E-state index in [4.69, 9.17) is 4.74 Å². The van der Waals surface area contributed by atoms with Gasteiger partial charge in [0.2, 0.25) is 5.91 Å². The summed E-state index contributed by atoms with van der Waals surface area (Å²) in [5.74, 6) is -0.0736. The summed E-state index contributed by atoms with van der Waals surface area (Å²) in [6, 6.07) is 11.7. The van der Waals surface area contributed by atoms with Crippen LogP contribution >= 0.6 is 0 Å². The maximum absolute atomic E-state index is 12.7. The van der Waals surface area contributed by atoms with Gasteiger partial charge in [-0.05, 0) is 18.1 Å². The van der Waals surface area contributed by atoms with Crippen LogP contribution in [-0.4, -0.2) is 69.8 Å². The number of hydrogen-bond acceptors (Lipinski definition) is 4. The first kappa shape index (κ1) is 16.8. The van der Waals surface area contributed by atoms with Crippen LogP contribution in [0.15, 0.2) is 42.6 Å². The molecule has 2 saturated heterocycles. The second kappa shape index (κ2) is 6.92. The number of rotatable bonds is 4. The number of aromatic nitrogens is 2. The molecule has 0 bridgehead atoms. The van der Waals surface area contributed by atoms with Crippen LogP contribution in [0.3, 0.4) is 0 Å². The molecule has 26 heavy (non-hydrogen) atoms. The number of morpholine rings is 1. The Labute approximate surface area is 152 Å². The van der Waals surface area contributed by atoms with E-state index in [0.717, 1.165) is 6.42 Å². The average molecular weight is 354 g/mol. The van der Waals surface area contributed by atoms with Gasteiger partial charge in [-0.2, -0.15) is 5.10 Å². The summed E-state index contributed by atoms with van der Waals surface area (Å²) in [6.45, 7) is 1.73. The zero-order chi connectivity index (χ0) is 18.1. The fraction of sp³-hybridized carbons (Fsp3) is 0.421. The largest absolute Gasteiger partial charge is 0.364 e. The number of aryl methyl sites for hydroxylation is 1. The molecule has 2 fully saturated rings. The average Bonchev–Trinajstić information content (AvgIpc) is 3.27. The molecule has 2 amide bonds. The lowest BCUT2D eigenvalue weighted by atomic mass is 10.1. The van der Waals surface area contributed by atoms with Crippen LogP contribution < -0.4 is 0 Å². The van der Waals surface area contributed by atoms with Crippen LogP contribution in [0.1, 0.15) is 16.1 Å². The van der Waals surface area contributed by atoms with Crippen molar-refractivity contribution in [2.45, 2.75) is 18.6 Å². The van der Waals surface area contributed by atoms with Crippen molar-refractivity contribution in [3.63, 3.8) is 0 Å². The van der Waals surface area contributed by atoms with E-state index in [-0.39, 0.29) is 30.6 Å². The van der Waals surface area contributed by atoms with E-state index in [2.05, 4.69) is 17.2 Å². The molecule has 2 atom stereocenters. The maximum atomic E-state index is 12.7. The van der Waals surface area contributed by atoms with Gasteiger partial charge < -0.3 is 14.5 Å². The molecule has 2 aromatic rings. The van der Waals surface area contributed by atoms with Gasteiger partial charge in [0, 0.05) is 32.9 Å². The predicted octanol–water partition coefficient (Wildman–Crippen LogP) is 0.715. The first-order chi connectivity index (χ1) is 12.6. The summed E-state index contributed by atoms with van der Waals surface area (Å²) in [7, 11) is 1.75. The van der Waals surface area contributed by atoms with Gasteiger partial charge in [-0.25, -0.2) is 0 Å². The number of carbonyl (C=O) groups is 2. The summed E-state index contributed by atoms with van der Waals surface area (Å²) in [5.41, 5.74) is 1.75. The Bertz CT molecular complexity index is 804. The summed E-state index contributed by atoms with van der Waals surface area (Å²) in [6.07, 6.45) is 2.29. The molecule has 1 aromatic carbocycles. The molecule has 4 rings (SSSR count). The van der Waals surface area contributed by atoms with Crippen LogP contribution in [0.5, 0.6) is 0 Å². The number of amides is 2. The van der Waals surface area contributed by atoms with Crippen LogP contribution in [0.2, 0.25) is 0 Å². The van der Waals surface area contributed by atoms with Crippen molar-refractivity contribution < 1.29 is 14.3 Å². The zero-order valence-corrected chi connectivity index (χ0v) is 14.7. The van der Waals surface area contributed by atoms with E-state index >= 15 is 0 Å². The fourth-order valence-electron chi connectivity index (χ4n) is 3.76. The van der Waals surface area contributed by atoms with E-state index < -0.39 is 0 Å². The third-order valence-corrected chi connectivity index (χ3v) is 5.19. The van der Waals surface area contributed by atoms with Crippen molar-refractivity contribution in [2.24, 2.45) is 7.05 Å². The first-order valence-corrected chi connectivity index (χ1v) is 8.86. The lowest BCUT2D eigenvalue weighted by Crippen LogP contribution is -2.54. The molecule has 7 heteroatoms. The quantitative estimate of drug-likeness (QED) is 0.811. The highest BCUT2D eigenvalue weighted by molar-refractivity contribution is 5.93. The molecule has 0 radical (unpaired) electrons. The second-order valence-electron chi connectivity index (χ2n) is 6.79. The Hall–Kier alpha value is -2.67. The van der Waals surface area contributed by atoms with Crippen molar-refractivity contribution in [1.29, 1.82) is 0 Å². The minimum Gasteiger partial charge on any atom is -0.364 e. The molecule has 0 unspecified atom stereocenters. The van der Waals surface area contributed by atoms with Crippen molar-refractivity contribution in [2.75, 3.05) is 26.2 Å². The van der Waals surface area contributed by atoms with Crippen molar-refractivity contribution in [3.8, 4) is 0 Å². The number of nitrogens with zero attached hydrogens (tertiary/aromatic N) is 4. The van der Waals surface area contributed by atoms with Crippen molar-refractivity contribution >= 4 is 11.8 Å². The molecular weight excluding hydrogens is 332 g/mol. The van der Waals surface area contributed by atoms with Gasteiger partial charge in [0.25, 0.3) is 5.91 Å². The Balaban J connectivity index is 1.46. The van der Waals surface area contributed by atoms with Gasteiger partial charge >= 0.3 is 0 Å². The molecule has 0 N–H and O–H groups in total. The number of hydrogen-bond donors (Lipinski definition) is 0. The first-order valence-electron chi connectivity index (χ1n) is 8.86. The van der Waals surface area contributed by atoms with Crippen LogP contribution in [0.4, 0.5) is 0 Å². The highest BCUT2D eigenvalue weighted by Crippen LogP contribution is 2.25. The standard InChI is InChI=1S/C19H22N4O3/c1-21-15(7-9-20-21)19(25)22-11-16-17(12-22)26-13-18(24)23(16)10-8-14-5-3-2-4-6-14/h2-7,9,16-17H,8,10-13H2,1H3/t16-,17-/m0/s1. The number of carbonyl (C=O) groups excluding carboxylic acids is 2. The van der Waals surface area contributed by atoms with E-state index in [1.54, 1.807) is 28.9 Å². The SMILES string of the molecule is Cn1nccc1C(=O)N1C[C@@H]2OCC(=O)N(CCc3ccccc3)[C@H]2C1. The number of ether oxygens (including phenoxy) is 1. The summed E-state index contributed by atoms with van der Waals surface area (Å²) in [5, 5.41) is 4.06. The predicted molar refractivity (Wildman–Crippen MR) is 94.5 cm³/mol. The van der Waals surface area contributed by atoms with Crippen LogP contribution in [-0.2, 0) is 23.0 Å². The molecule has 1 aromatic heterocycles. The monoisotopic (exact) mass is 354 g/mol. The highest BCUT2D eigenvalue weighted by Gasteiger charge is 2.44. The Morgan fingerprint density at radius 3 is 2.77 bits per heavy atom. The van der Waals surface area contributed by atoms with Gasteiger partial charge in [-0.1, -0.05) is 30.3 Å². The molecule has 7 nitrogen and oxygen atoms in total. The third-order valence-electron chi connectivity index (χ3n) is 5.19. The number of benzene rings is 1. The number of fused-ring (bicyclic) bond motifs is 1. The molecule has 2 aliphatic rings. The highest BCUT2D eigenvalue weighted by atomic mass is 16.5. The van der Waals surface area contributed by atoms with E-state index in [1.807, 2.05) is 23.1 Å². The molecule has 2 aliphatic heterocycles. The summed E-state index contributed by atoms with van der Waals surface area (Å²) in [4.78, 5) is 28.8. The lowest BCUT2D eigenvalue weighted by Gasteiger charge is -2.36. The fourth-order valence-corrected chi connectivity index (χ4v) is 3.76. The molecule has 0 aliphatic carbocycles. The van der Waals surface area contributed by atoms with Crippen molar-refractivity contribution in [3.05, 3.63) is 53.9 Å². The number of likely N-dealkylation sites (tertiary alicyclic amines) is 1. The van der Waals surface area contributed by atoms with E-state index in [0.29, 0.717) is 25.3 Å². The van der Waals surface area contributed by atoms with Gasteiger partial charge in [0.15, 0.2) is 0 Å². The lowest BCUT2D eigenvalue weighted by molar-refractivity contribution is -0.152. The summed E-state index contributed by atoms with van der Waals surface area (Å²) >= 11 is 0. The van der Waals surface area contributed by atoms with Gasteiger partial charge in [-0.15, -0.1) is 0 Å². The van der Waals surface area contributed by atoms with Gasteiger partial charge in [-0.3, -0.25) is 14.3 Å². The molecule has 3 heterocycles. The molecule has 136 valence electrons. The minimum absolute atomic E-state index is 0.00277. The smallest absolute Gasteiger partial charge is 0.272 e. The normalized spacial score (nSPS) is 22.6. The van der Waals surface area contributed by atoms with Crippen LogP contribution in [0.25, 0.3) is 0 Å². The Morgan fingerprint density at radius 2 is 2.04 bits per heavy atom. The maximum Gasteiger partial charge on any atom is 0.272 e. The van der Waals surface area contributed by atoms with Gasteiger partial charge in [0.1, 0.15) is 12.3 Å². The molecule has 0 saturated carbocycles. The van der Waals surface area contributed by atoms with Crippen molar-refractivity contribution in [1.82, 2.24) is 19.6 Å². The second-order valence-corrected chi connectivity index (χ2v) is 6.79. The van der Waals surface area contributed by atoms with Gasteiger partial charge in [0.05, 0.1) is 12.1 Å². The Morgan fingerprint density at radius 1 is 1.23 bits per heavy atom. The summed E-state index contributed by atoms with van der Waals surface area (Å²) < 4.78 is 7.29. The molecular formula is C19H22N4O3. The topological polar surface area (TPSA) is 67.7 Å². The Kier molecular flexibility index (Phi) is 4.46. The molecule has 0 spiro atoms. The van der Waals surface area contributed by atoms with Crippen LogP contribution in [0, 0.1) is 0 Å². The third kappa shape index (κ3) is 3.10. The zero-order valence-electron chi connectivity index (χ0n) is 14.7. The van der Waals surface area contributed by atoms with E-state index in [9.17, 15) is 9.59 Å². The van der Waals surface area contributed by atoms with E-state index in [1.165, 1.54) is 5.56 Å². The minimum atomic E-state index is -0.124.